The Balaban J connectivity index is 3.10. The third-order valence-corrected chi connectivity index (χ3v) is 2.82. The zero-order chi connectivity index (χ0) is 14.5. The van der Waals surface area contributed by atoms with E-state index >= 15 is 0 Å². The average Bonchev–Trinajstić information content (AvgIpc) is 2.39. The van der Waals surface area contributed by atoms with E-state index in [1.54, 1.807) is 45.0 Å². The first-order valence-corrected chi connectivity index (χ1v) is 6.22. The van der Waals surface area contributed by atoms with Crippen LogP contribution in [-0.4, -0.2) is 24.5 Å². The van der Waals surface area contributed by atoms with Crippen LogP contribution in [-0.2, 0) is 19.9 Å². The van der Waals surface area contributed by atoms with Gasteiger partial charge >= 0.3 is 5.97 Å². The van der Waals surface area contributed by atoms with E-state index in [4.69, 9.17) is 10.5 Å². The van der Waals surface area contributed by atoms with Gasteiger partial charge in [0.25, 0.3) is 0 Å². The van der Waals surface area contributed by atoms with Crippen molar-refractivity contribution in [2.24, 2.45) is 5.73 Å². The average molecular weight is 264 g/mol. The molecule has 5 heteroatoms. The number of carbonyl (C=O) groups excluding carboxylic acids is 2. The van der Waals surface area contributed by atoms with Crippen LogP contribution in [0.4, 0.5) is 0 Å². The van der Waals surface area contributed by atoms with Gasteiger partial charge in [0.2, 0.25) is 5.91 Å². The van der Waals surface area contributed by atoms with Crippen LogP contribution in [0.2, 0.25) is 0 Å². The lowest BCUT2D eigenvalue weighted by Gasteiger charge is -2.29. The van der Waals surface area contributed by atoms with Crippen molar-refractivity contribution in [1.29, 1.82) is 0 Å². The summed E-state index contributed by atoms with van der Waals surface area (Å²) in [5.74, 6) is -0.908. The maximum atomic E-state index is 12.1. The minimum Gasteiger partial charge on any atom is -0.464 e. The van der Waals surface area contributed by atoms with Gasteiger partial charge in [0.15, 0.2) is 5.54 Å². The molecule has 0 radical (unpaired) electrons. The van der Waals surface area contributed by atoms with Crippen molar-refractivity contribution in [3.63, 3.8) is 0 Å². The molecule has 3 N–H and O–H groups in total. The van der Waals surface area contributed by atoms with E-state index < -0.39 is 23.5 Å². The first kappa shape index (κ1) is 15.2. The molecule has 5 nitrogen and oxygen atoms in total. The lowest BCUT2D eigenvalue weighted by Crippen LogP contribution is -2.54. The summed E-state index contributed by atoms with van der Waals surface area (Å²) in [4.78, 5) is 23.9. The summed E-state index contributed by atoms with van der Waals surface area (Å²) in [6.07, 6.45) is 0. The van der Waals surface area contributed by atoms with Gasteiger partial charge in [-0.3, -0.25) is 4.79 Å². The molecule has 2 atom stereocenters. The second kappa shape index (κ2) is 6.33. The fourth-order valence-electron chi connectivity index (χ4n) is 1.65. The summed E-state index contributed by atoms with van der Waals surface area (Å²) >= 11 is 0. The van der Waals surface area contributed by atoms with E-state index in [1.807, 2.05) is 6.07 Å². The van der Waals surface area contributed by atoms with Crippen LogP contribution in [0.15, 0.2) is 30.3 Å². The standard InChI is InChI=1S/C14H20N2O3/c1-4-19-13(18)14(3,16-12(17)10(2)15)11-8-6-5-7-9-11/h5-10H,4,15H2,1-3H3,(H,16,17)/t10-,14?/m0/s1. The van der Waals surface area contributed by atoms with Crippen LogP contribution < -0.4 is 11.1 Å². The maximum Gasteiger partial charge on any atom is 0.336 e. The number of amides is 1. The molecule has 1 rings (SSSR count). The zero-order valence-corrected chi connectivity index (χ0v) is 11.5. The molecule has 0 aromatic heterocycles. The monoisotopic (exact) mass is 264 g/mol. The van der Waals surface area contributed by atoms with Gasteiger partial charge in [0.1, 0.15) is 0 Å². The van der Waals surface area contributed by atoms with Crippen molar-refractivity contribution in [3.8, 4) is 0 Å². The summed E-state index contributed by atoms with van der Waals surface area (Å²) in [5, 5.41) is 2.66. The number of rotatable bonds is 5. The fourth-order valence-corrected chi connectivity index (χ4v) is 1.65. The van der Waals surface area contributed by atoms with Crippen LogP contribution >= 0.6 is 0 Å². The van der Waals surface area contributed by atoms with Gasteiger partial charge in [-0.15, -0.1) is 0 Å². The summed E-state index contributed by atoms with van der Waals surface area (Å²) in [6.45, 7) is 5.14. The van der Waals surface area contributed by atoms with E-state index in [0.717, 1.165) is 0 Å². The van der Waals surface area contributed by atoms with E-state index in [0.29, 0.717) is 5.56 Å². The topological polar surface area (TPSA) is 81.4 Å². The highest BCUT2D eigenvalue weighted by Gasteiger charge is 2.38. The fraction of sp³-hybridized carbons (Fsp3) is 0.429. The number of ether oxygens (including phenoxy) is 1. The van der Waals surface area contributed by atoms with Crippen LogP contribution in [0.25, 0.3) is 0 Å². The molecule has 0 saturated heterocycles. The van der Waals surface area contributed by atoms with Gasteiger partial charge in [0, 0.05) is 0 Å². The molecule has 1 aromatic carbocycles. The number of esters is 1. The van der Waals surface area contributed by atoms with Gasteiger partial charge < -0.3 is 15.8 Å². The number of carbonyl (C=O) groups is 2. The number of benzene rings is 1. The van der Waals surface area contributed by atoms with Crippen molar-refractivity contribution >= 4 is 11.9 Å². The highest BCUT2D eigenvalue weighted by molar-refractivity contribution is 5.90. The van der Waals surface area contributed by atoms with Gasteiger partial charge in [-0.05, 0) is 26.3 Å². The van der Waals surface area contributed by atoms with Gasteiger partial charge in [-0.1, -0.05) is 30.3 Å². The number of nitrogens with one attached hydrogen (secondary N) is 1. The summed E-state index contributed by atoms with van der Waals surface area (Å²) in [7, 11) is 0. The van der Waals surface area contributed by atoms with Crippen molar-refractivity contribution in [2.75, 3.05) is 6.61 Å². The molecular formula is C14H20N2O3. The normalized spacial score (nSPS) is 15.2. The Morgan fingerprint density at radius 1 is 1.37 bits per heavy atom. The zero-order valence-electron chi connectivity index (χ0n) is 11.5. The molecular weight excluding hydrogens is 244 g/mol. The van der Waals surface area contributed by atoms with Crippen molar-refractivity contribution in [3.05, 3.63) is 35.9 Å². The highest BCUT2D eigenvalue weighted by Crippen LogP contribution is 2.22. The molecule has 0 bridgehead atoms. The SMILES string of the molecule is CCOC(=O)C(C)(NC(=O)[C@H](C)N)c1ccccc1. The van der Waals surface area contributed by atoms with Crippen molar-refractivity contribution in [1.82, 2.24) is 5.32 Å². The molecule has 0 spiro atoms. The minimum absolute atomic E-state index is 0.245. The Hall–Kier alpha value is -1.88. The molecule has 104 valence electrons. The number of nitrogens with two attached hydrogens (primary N) is 1. The maximum absolute atomic E-state index is 12.1. The number of hydrogen-bond donors (Lipinski definition) is 2. The Labute approximate surface area is 113 Å². The molecule has 0 fully saturated rings. The smallest absolute Gasteiger partial charge is 0.336 e. The molecule has 1 amide bonds. The van der Waals surface area contributed by atoms with Gasteiger partial charge in [-0.25, -0.2) is 4.79 Å². The van der Waals surface area contributed by atoms with E-state index in [9.17, 15) is 9.59 Å². The van der Waals surface area contributed by atoms with Crippen LogP contribution in [0.5, 0.6) is 0 Å². The third-order valence-electron chi connectivity index (χ3n) is 2.82. The van der Waals surface area contributed by atoms with Crippen molar-refractivity contribution in [2.45, 2.75) is 32.4 Å². The largest absolute Gasteiger partial charge is 0.464 e. The highest BCUT2D eigenvalue weighted by atomic mass is 16.5. The van der Waals surface area contributed by atoms with Gasteiger partial charge in [-0.2, -0.15) is 0 Å². The summed E-state index contributed by atoms with van der Waals surface area (Å²) in [6, 6.07) is 8.26. The minimum atomic E-state index is -1.23. The Morgan fingerprint density at radius 2 is 1.95 bits per heavy atom. The molecule has 1 unspecified atom stereocenters. The first-order chi connectivity index (χ1) is 8.91. The predicted octanol–water partition coefficient (Wildman–Crippen LogP) is 0.928. The number of hydrogen-bond acceptors (Lipinski definition) is 4. The van der Waals surface area contributed by atoms with E-state index in [2.05, 4.69) is 5.32 Å². The lowest BCUT2D eigenvalue weighted by molar-refractivity contribution is -0.153. The Kier molecular flexibility index (Phi) is 5.06. The second-order valence-corrected chi connectivity index (χ2v) is 4.49. The second-order valence-electron chi connectivity index (χ2n) is 4.49. The van der Waals surface area contributed by atoms with Gasteiger partial charge in [0.05, 0.1) is 12.6 Å². The van der Waals surface area contributed by atoms with Crippen LogP contribution in [0.3, 0.4) is 0 Å². The quantitative estimate of drug-likeness (QED) is 0.775. The van der Waals surface area contributed by atoms with Crippen LogP contribution in [0, 0.1) is 0 Å². The third kappa shape index (κ3) is 3.54. The summed E-state index contributed by atoms with van der Waals surface area (Å²) < 4.78 is 5.05. The van der Waals surface area contributed by atoms with E-state index in [1.165, 1.54) is 0 Å². The lowest BCUT2D eigenvalue weighted by atomic mass is 9.91. The molecule has 0 aliphatic rings. The molecule has 0 aliphatic heterocycles. The molecule has 0 saturated carbocycles. The molecule has 0 aliphatic carbocycles. The Bertz CT molecular complexity index is 445. The molecule has 0 heterocycles. The first-order valence-electron chi connectivity index (χ1n) is 6.22. The molecule has 1 aromatic rings. The molecule has 19 heavy (non-hydrogen) atoms. The van der Waals surface area contributed by atoms with Crippen LogP contribution in [0.1, 0.15) is 26.3 Å². The predicted molar refractivity (Wildman–Crippen MR) is 72.2 cm³/mol. The Morgan fingerprint density at radius 3 is 2.42 bits per heavy atom. The summed E-state index contributed by atoms with van der Waals surface area (Å²) in [5.41, 5.74) is 4.95. The van der Waals surface area contributed by atoms with Crippen molar-refractivity contribution < 1.29 is 14.3 Å². The van der Waals surface area contributed by atoms with E-state index in [-0.39, 0.29) is 6.61 Å².